The molecule has 0 spiro atoms. The van der Waals surface area contributed by atoms with Crippen LogP contribution in [0.1, 0.15) is 29.5 Å². The summed E-state index contributed by atoms with van der Waals surface area (Å²) in [5.74, 6) is -1.18. The Morgan fingerprint density at radius 1 is 1.04 bits per heavy atom. The molecular formula is C21H20F3NO3. The lowest BCUT2D eigenvalue weighted by Crippen LogP contribution is -2.35. The van der Waals surface area contributed by atoms with Crippen molar-refractivity contribution < 1.29 is 27.5 Å². The summed E-state index contributed by atoms with van der Waals surface area (Å²) in [6.45, 7) is 0.00366. The summed E-state index contributed by atoms with van der Waals surface area (Å²) < 4.78 is 43.0. The molecule has 0 saturated heterocycles. The summed E-state index contributed by atoms with van der Waals surface area (Å²) in [5, 5.41) is 2.77. The molecule has 7 heteroatoms. The van der Waals surface area contributed by atoms with Gasteiger partial charge in [0.1, 0.15) is 0 Å². The number of ether oxygens (including phenoxy) is 1. The van der Waals surface area contributed by atoms with E-state index in [9.17, 15) is 22.8 Å². The van der Waals surface area contributed by atoms with Gasteiger partial charge in [0.15, 0.2) is 6.61 Å². The van der Waals surface area contributed by atoms with E-state index in [1.54, 1.807) is 0 Å². The Morgan fingerprint density at radius 2 is 1.75 bits per heavy atom. The Hall–Kier alpha value is -2.83. The lowest BCUT2D eigenvalue weighted by Gasteiger charge is -2.16. The second-order valence-corrected chi connectivity index (χ2v) is 6.96. The van der Waals surface area contributed by atoms with E-state index in [2.05, 4.69) is 5.32 Å². The molecule has 2 aromatic carbocycles. The molecule has 3 rings (SSSR count). The van der Waals surface area contributed by atoms with Crippen molar-refractivity contribution in [2.45, 2.75) is 30.9 Å². The predicted octanol–water partition coefficient (Wildman–Crippen LogP) is 3.64. The molecular weight excluding hydrogens is 371 g/mol. The van der Waals surface area contributed by atoms with Gasteiger partial charge in [-0.2, -0.15) is 13.2 Å². The van der Waals surface area contributed by atoms with Gasteiger partial charge in [-0.3, -0.25) is 9.59 Å². The van der Waals surface area contributed by atoms with Gasteiger partial charge in [0.05, 0.1) is 12.0 Å². The van der Waals surface area contributed by atoms with E-state index in [0.717, 1.165) is 30.5 Å². The SMILES string of the molecule is O=C(COC(=O)Cc1cccc(C(F)(F)F)c1)NCC1(c2ccccc2)CC1. The standard InChI is InChI=1S/C21H20F3NO3/c22-21(23,24)17-8-4-5-15(11-17)12-19(27)28-13-18(26)25-14-20(9-10-20)16-6-2-1-3-7-16/h1-8,11H,9-10,12-14H2,(H,25,26). The zero-order valence-corrected chi connectivity index (χ0v) is 15.1. The molecule has 1 aliphatic carbocycles. The Bertz CT molecular complexity index is 845. The molecule has 1 fully saturated rings. The first-order valence-electron chi connectivity index (χ1n) is 8.92. The van der Waals surface area contributed by atoms with Gasteiger partial charge < -0.3 is 10.1 Å². The van der Waals surface area contributed by atoms with Crippen LogP contribution in [0.5, 0.6) is 0 Å². The molecule has 1 aliphatic rings. The molecule has 0 unspecified atom stereocenters. The number of esters is 1. The van der Waals surface area contributed by atoms with Crippen molar-refractivity contribution in [2.24, 2.45) is 0 Å². The first-order valence-corrected chi connectivity index (χ1v) is 8.92. The molecule has 1 amide bonds. The molecule has 1 N–H and O–H groups in total. The van der Waals surface area contributed by atoms with E-state index in [1.165, 1.54) is 12.1 Å². The molecule has 28 heavy (non-hydrogen) atoms. The fourth-order valence-corrected chi connectivity index (χ4v) is 3.05. The molecule has 0 heterocycles. The third-order valence-corrected chi connectivity index (χ3v) is 4.83. The normalized spacial score (nSPS) is 15.0. The van der Waals surface area contributed by atoms with Gasteiger partial charge in [0, 0.05) is 12.0 Å². The average Bonchev–Trinajstić information content (AvgIpc) is 3.46. The highest BCUT2D eigenvalue weighted by Crippen LogP contribution is 2.47. The number of hydrogen-bond donors (Lipinski definition) is 1. The molecule has 0 radical (unpaired) electrons. The minimum Gasteiger partial charge on any atom is -0.455 e. The second-order valence-electron chi connectivity index (χ2n) is 6.96. The van der Waals surface area contributed by atoms with Gasteiger partial charge in [0.2, 0.25) is 0 Å². The lowest BCUT2D eigenvalue weighted by molar-refractivity contribution is -0.148. The molecule has 0 bridgehead atoms. The van der Waals surface area contributed by atoms with Gasteiger partial charge in [0.25, 0.3) is 5.91 Å². The molecule has 2 aromatic rings. The van der Waals surface area contributed by atoms with Crippen LogP contribution in [-0.2, 0) is 32.3 Å². The number of benzene rings is 2. The molecule has 1 saturated carbocycles. The molecule has 0 atom stereocenters. The first-order chi connectivity index (χ1) is 13.3. The predicted molar refractivity (Wildman–Crippen MR) is 96.5 cm³/mol. The monoisotopic (exact) mass is 391 g/mol. The van der Waals surface area contributed by atoms with Crippen LogP contribution >= 0.6 is 0 Å². The van der Waals surface area contributed by atoms with Crippen LogP contribution < -0.4 is 5.32 Å². The van der Waals surface area contributed by atoms with Gasteiger partial charge in [-0.25, -0.2) is 0 Å². The zero-order chi connectivity index (χ0) is 20.2. The van der Waals surface area contributed by atoms with Crippen LogP contribution in [0.3, 0.4) is 0 Å². The van der Waals surface area contributed by atoms with E-state index in [0.29, 0.717) is 6.54 Å². The summed E-state index contributed by atoms with van der Waals surface area (Å²) in [4.78, 5) is 23.8. The number of alkyl halides is 3. The van der Waals surface area contributed by atoms with Crippen LogP contribution in [-0.4, -0.2) is 25.0 Å². The van der Waals surface area contributed by atoms with Crippen molar-refractivity contribution in [3.63, 3.8) is 0 Å². The molecule has 0 aromatic heterocycles. The van der Waals surface area contributed by atoms with Gasteiger partial charge in [-0.15, -0.1) is 0 Å². The Morgan fingerprint density at radius 3 is 2.39 bits per heavy atom. The maximum Gasteiger partial charge on any atom is 0.416 e. The fraction of sp³-hybridized carbons (Fsp3) is 0.333. The number of halogens is 3. The number of rotatable bonds is 7. The average molecular weight is 391 g/mol. The minimum absolute atomic E-state index is 0.0566. The summed E-state index contributed by atoms with van der Waals surface area (Å²) in [5.41, 5.74) is 0.461. The van der Waals surface area contributed by atoms with E-state index in [4.69, 9.17) is 4.74 Å². The van der Waals surface area contributed by atoms with Gasteiger partial charge in [-0.05, 0) is 30.0 Å². The van der Waals surface area contributed by atoms with E-state index in [1.807, 2.05) is 30.3 Å². The van der Waals surface area contributed by atoms with Crippen molar-refractivity contribution in [3.05, 3.63) is 71.3 Å². The number of amides is 1. The Balaban J connectivity index is 1.44. The maximum atomic E-state index is 12.7. The van der Waals surface area contributed by atoms with Crippen molar-refractivity contribution in [1.29, 1.82) is 0 Å². The minimum atomic E-state index is -4.47. The second kappa shape index (κ2) is 8.04. The third-order valence-electron chi connectivity index (χ3n) is 4.83. The van der Waals surface area contributed by atoms with E-state index < -0.39 is 30.2 Å². The number of hydrogen-bond acceptors (Lipinski definition) is 3. The summed E-state index contributed by atoms with van der Waals surface area (Å²) in [7, 11) is 0. The van der Waals surface area contributed by atoms with Gasteiger partial charge in [-0.1, -0.05) is 48.5 Å². The Labute approximate surface area is 160 Å². The highest BCUT2D eigenvalue weighted by molar-refractivity contribution is 5.81. The van der Waals surface area contributed by atoms with E-state index >= 15 is 0 Å². The summed E-state index contributed by atoms with van der Waals surface area (Å²) in [6.07, 6.45) is -2.85. The largest absolute Gasteiger partial charge is 0.455 e. The number of carbonyl (C=O) groups excluding carboxylic acids is 2. The fourth-order valence-electron chi connectivity index (χ4n) is 3.05. The number of carbonyl (C=O) groups is 2. The summed E-state index contributed by atoms with van der Waals surface area (Å²) >= 11 is 0. The first kappa shape index (κ1) is 19.9. The van der Waals surface area contributed by atoms with Crippen molar-refractivity contribution in [3.8, 4) is 0 Å². The van der Waals surface area contributed by atoms with Crippen molar-refractivity contribution in [2.75, 3.05) is 13.2 Å². The van der Waals surface area contributed by atoms with E-state index in [-0.39, 0.29) is 17.4 Å². The zero-order valence-electron chi connectivity index (χ0n) is 15.1. The van der Waals surface area contributed by atoms with Crippen molar-refractivity contribution >= 4 is 11.9 Å². The molecule has 148 valence electrons. The van der Waals surface area contributed by atoms with Crippen LogP contribution in [0.25, 0.3) is 0 Å². The molecule has 0 aliphatic heterocycles. The van der Waals surface area contributed by atoms with Crippen molar-refractivity contribution in [1.82, 2.24) is 5.32 Å². The topological polar surface area (TPSA) is 55.4 Å². The van der Waals surface area contributed by atoms with Crippen LogP contribution in [0, 0.1) is 0 Å². The van der Waals surface area contributed by atoms with Gasteiger partial charge >= 0.3 is 12.1 Å². The van der Waals surface area contributed by atoms with Crippen LogP contribution in [0.2, 0.25) is 0 Å². The summed E-state index contributed by atoms with van der Waals surface area (Å²) in [6, 6.07) is 14.4. The van der Waals surface area contributed by atoms with Crippen LogP contribution in [0.4, 0.5) is 13.2 Å². The quantitative estimate of drug-likeness (QED) is 0.734. The smallest absolute Gasteiger partial charge is 0.416 e. The highest BCUT2D eigenvalue weighted by atomic mass is 19.4. The maximum absolute atomic E-state index is 12.7. The van der Waals surface area contributed by atoms with Crippen LogP contribution in [0.15, 0.2) is 54.6 Å². The highest BCUT2D eigenvalue weighted by Gasteiger charge is 2.44. The number of nitrogens with one attached hydrogen (secondary N) is 1. The molecule has 4 nitrogen and oxygen atoms in total. The third kappa shape index (κ3) is 5.12. The lowest BCUT2D eigenvalue weighted by atomic mass is 9.96. The Kier molecular flexibility index (Phi) is 5.72.